The van der Waals surface area contributed by atoms with Crippen LogP contribution in [0.3, 0.4) is 0 Å². The lowest BCUT2D eigenvalue weighted by atomic mass is 9.70. The Morgan fingerprint density at radius 1 is 1.32 bits per heavy atom. The van der Waals surface area contributed by atoms with Gasteiger partial charge in [-0.3, -0.25) is 0 Å². The number of allylic oxidation sites excluding steroid dienone is 5. The van der Waals surface area contributed by atoms with Gasteiger partial charge in [0.1, 0.15) is 0 Å². The van der Waals surface area contributed by atoms with Crippen LogP contribution in [0.2, 0.25) is 0 Å². The fraction of sp³-hybridized carbons (Fsp3) is 0.600. The molecule has 0 spiro atoms. The summed E-state index contributed by atoms with van der Waals surface area (Å²) in [4.78, 5) is 0. The van der Waals surface area contributed by atoms with E-state index in [-0.39, 0.29) is 12.0 Å². The Morgan fingerprint density at radius 2 is 2.00 bits per heavy atom. The van der Waals surface area contributed by atoms with Crippen LogP contribution in [-0.4, -0.2) is 22.9 Å². The van der Waals surface area contributed by atoms with Crippen LogP contribution in [0, 0.1) is 5.41 Å². The van der Waals surface area contributed by atoms with Crippen molar-refractivity contribution in [3.8, 4) is 0 Å². The van der Waals surface area contributed by atoms with E-state index >= 15 is 0 Å². The maximum absolute atomic E-state index is 10.5. The van der Waals surface area contributed by atoms with Gasteiger partial charge in [-0.05, 0) is 57.4 Å². The second-order valence-corrected chi connectivity index (χ2v) is 7.12. The molecule has 0 saturated carbocycles. The quantitative estimate of drug-likeness (QED) is 0.551. The number of aliphatic hydroxyl groups excluding tert-OH is 2. The highest BCUT2D eigenvalue weighted by Gasteiger charge is 2.29. The molecule has 1 rings (SSSR count). The highest BCUT2D eigenvalue weighted by atomic mass is 16.3. The number of aliphatic hydroxyl groups is 2. The summed E-state index contributed by atoms with van der Waals surface area (Å²) in [5.74, 6) is 0. The number of hydrogen-bond acceptors (Lipinski definition) is 2. The highest BCUT2D eigenvalue weighted by Crippen LogP contribution is 2.42. The van der Waals surface area contributed by atoms with E-state index in [4.69, 9.17) is 5.11 Å². The van der Waals surface area contributed by atoms with Crippen LogP contribution in [0.1, 0.15) is 60.3 Å². The molecule has 0 heterocycles. The van der Waals surface area contributed by atoms with Gasteiger partial charge in [0.2, 0.25) is 0 Å². The van der Waals surface area contributed by atoms with Crippen LogP contribution in [0.25, 0.3) is 0 Å². The summed E-state index contributed by atoms with van der Waals surface area (Å²) in [5.41, 5.74) is 5.10. The zero-order valence-electron chi connectivity index (χ0n) is 14.8. The molecule has 0 amide bonds. The van der Waals surface area contributed by atoms with E-state index in [1.165, 1.54) is 30.4 Å². The Bertz CT molecular complexity index is 490. The molecular formula is C20H32O2. The minimum atomic E-state index is -0.422. The van der Waals surface area contributed by atoms with Gasteiger partial charge in [0.25, 0.3) is 0 Å². The van der Waals surface area contributed by atoms with Gasteiger partial charge in [0, 0.05) is 0 Å². The molecule has 1 unspecified atom stereocenters. The monoisotopic (exact) mass is 304 g/mol. The van der Waals surface area contributed by atoms with Crippen molar-refractivity contribution in [2.75, 3.05) is 6.61 Å². The van der Waals surface area contributed by atoms with Crippen molar-refractivity contribution in [3.05, 3.63) is 46.6 Å². The maximum Gasteiger partial charge on any atom is 0.0787 e. The van der Waals surface area contributed by atoms with E-state index in [1.807, 2.05) is 32.1 Å². The van der Waals surface area contributed by atoms with Crippen molar-refractivity contribution in [1.29, 1.82) is 0 Å². The first-order chi connectivity index (χ1) is 10.3. The van der Waals surface area contributed by atoms with Gasteiger partial charge in [-0.2, -0.15) is 0 Å². The molecule has 0 saturated heterocycles. The zero-order chi connectivity index (χ0) is 16.8. The lowest BCUT2D eigenvalue weighted by Gasteiger charge is -2.35. The molecule has 0 fully saturated rings. The molecule has 22 heavy (non-hydrogen) atoms. The Kier molecular flexibility index (Phi) is 7.31. The summed E-state index contributed by atoms with van der Waals surface area (Å²) in [6.07, 6.45) is 11.6. The van der Waals surface area contributed by atoms with Crippen LogP contribution in [0.15, 0.2) is 46.6 Å². The first-order valence-electron chi connectivity index (χ1n) is 8.27. The molecule has 0 aromatic rings. The molecule has 2 heteroatoms. The minimum absolute atomic E-state index is 0.0595. The highest BCUT2D eigenvalue weighted by molar-refractivity contribution is 5.27. The van der Waals surface area contributed by atoms with E-state index in [0.29, 0.717) is 0 Å². The summed E-state index contributed by atoms with van der Waals surface area (Å²) in [6.45, 7) is 10.8. The van der Waals surface area contributed by atoms with Crippen LogP contribution in [0.5, 0.6) is 0 Å². The second-order valence-electron chi connectivity index (χ2n) is 7.12. The van der Waals surface area contributed by atoms with Crippen molar-refractivity contribution in [1.82, 2.24) is 0 Å². The van der Waals surface area contributed by atoms with E-state index < -0.39 is 6.10 Å². The number of hydrogen-bond donors (Lipinski definition) is 2. The summed E-state index contributed by atoms with van der Waals surface area (Å²) < 4.78 is 0. The van der Waals surface area contributed by atoms with Crippen molar-refractivity contribution in [2.45, 2.75) is 66.4 Å². The second kappa shape index (κ2) is 8.50. The molecule has 2 nitrogen and oxygen atoms in total. The molecule has 2 N–H and O–H groups in total. The molecule has 1 aliphatic rings. The molecule has 0 aromatic heterocycles. The van der Waals surface area contributed by atoms with Gasteiger partial charge in [-0.1, -0.05) is 54.9 Å². The van der Waals surface area contributed by atoms with E-state index in [0.717, 1.165) is 17.6 Å². The molecule has 0 aliphatic heterocycles. The van der Waals surface area contributed by atoms with Gasteiger partial charge < -0.3 is 10.2 Å². The molecule has 0 radical (unpaired) electrons. The normalized spacial score (nSPS) is 21.6. The van der Waals surface area contributed by atoms with Crippen molar-refractivity contribution in [2.24, 2.45) is 5.41 Å². The Labute approximate surface area is 135 Å². The standard InChI is InChI=1S/C20H32O2/c1-15(11-13-21)8-6-9-17(3)19(22)14-18-16(2)10-7-12-20(18,4)5/h6,8-9,11,19,21-22H,7,10,12-14H2,1-5H3/b8-6+,15-11+,17-9+. The van der Waals surface area contributed by atoms with Crippen LogP contribution >= 0.6 is 0 Å². The Balaban J connectivity index is 2.75. The van der Waals surface area contributed by atoms with Gasteiger partial charge in [-0.15, -0.1) is 0 Å². The Morgan fingerprint density at radius 3 is 2.59 bits per heavy atom. The molecule has 0 aromatic carbocycles. The number of rotatable bonds is 6. The van der Waals surface area contributed by atoms with Crippen molar-refractivity contribution in [3.63, 3.8) is 0 Å². The zero-order valence-corrected chi connectivity index (χ0v) is 14.8. The van der Waals surface area contributed by atoms with Crippen LogP contribution in [-0.2, 0) is 0 Å². The molecule has 124 valence electrons. The summed E-state index contributed by atoms with van der Waals surface area (Å²) in [7, 11) is 0. The van der Waals surface area contributed by atoms with E-state index in [2.05, 4.69) is 20.8 Å². The van der Waals surface area contributed by atoms with Gasteiger partial charge in [-0.25, -0.2) is 0 Å². The largest absolute Gasteiger partial charge is 0.392 e. The fourth-order valence-electron chi connectivity index (χ4n) is 3.15. The lowest BCUT2D eigenvalue weighted by molar-refractivity contribution is 0.196. The van der Waals surface area contributed by atoms with Crippen molar-refractivity contribution >= 4 is 0 Å². The Hall–Kier alpha value is -1.12. The first-order valence-corrected chi connectivity index (χ1v) is 8.27. The maximum atomic E-state index is 10.5. The minimum Gasteiger partial charge on any atom is -0.392 e. The van der Waals surface area contributed by atoms with Crippen LogP contribution in [0.4, 0.5) is 0 Å². The average molecular weight is 304 g/mol. The van der Waals surface area contributed by atoms with E-state index in [9.17, 15) is 5.11 Å². The molecule has 1 atom stereocenters. The summed E-state index contributed by atoms with van der Waals surface area (Å²) >= 11 is 0. The van der Waals surface area contributed by atoms with Gasteiger partial charge >= 0.3 is 0 Å². The fourth-order valence-corrected chi connectivity index (χ4v) is 3.15. The third-order valence-corrected chi connectivity index (χ3v) is 4.74. The summed E-state index contributed by atoms with van der Waals surface area (Å²) in [6, 6.07) is 0. The molecule has 0 bridgehead atoms. The van der Waals surface area contributed by atoms with Gasteiger partial charge in [0.05, 0.1) is 12.7 Å². The van der Waals surface area contributed by atoms with Crippen molar-refractivity contribution < 1.29 is 10.2 Å². The van der Waals surface area contributed by atoms with Gasteiger partial charge in [0.15, 0.2) is 0 Å². The smallest absolute Gasteiger partial charge is 0.0787 e. The lowest BCUT2D eigenvalue weighted by Crippen LogP contribution is -2.24. The third kappa shape index (κ3) is 5.58. The third-order valence-electron chi connectivity index (χ3n) is 4.74. The molecule has 1 aliphatic carbocycles. The first kappa shape index (κ1) is 18.9. The average Bonchev–Trinajstić information content (AvgIpc) is 2.42. The van der Waals surface area contributed by atoms with Crippen LogP contribution < -0.4 is 0 Å². The van der Waals surface area contributed by atoms with E-state index in [1.54, 1.807) is 6.08 Å². The predicted octanol–water partition coefficient (Wildman–Crippen LogP) is 4.71. The SMILES string of the molecule is CC1=C(CC(O)/C(C)=C/C=C/C(C)=C/CO)C(C)(C)CCC1. The summed E-state index contributed by atoms with van der Waals surface area (Å²) in [5, 5.41) is 19.3. The molecular weight excluding hydrogens is 272 g/mol. The topological polar surface area (TPSA) is 40.5 Å². The predicted molar refractivity (Wildman–Crippen MR) is 94.7 cm³/mol.